The van der Waals surface area contributed by atoms with Gasteiger partial charge < -0.3 is 0 Å². The molecule has 3 nitrogen and oxygen atoms in total. The Bertz CT molecular complexity index is 3290. The van der Waals surface area contributed by atoms with E-state index >= 15 is 0 Å². The Balaban J connectivity index is 1.15. The molecular weight excluding hydrogens is 747 g/mol. The van der Waals surface area contributed by atoms with Gasteiger partial charge in [0.15, 0.2) is 5.82 Å². The predicted molar refractivity (Wildman–Crippen MR) is 246 cm³/mol. The van der Waals surface area contributed by atoms with Gasteiger partial charge in [-0.3, -0.25) is 4.98 Å². The standard InChI is InChI=1S/C56H35N3S/c1-2-14-38(15-3-1)51-34-52(39-26-24-36(25-27-39)41-16-12-32-57-35-41)59-55(58-51)40-28-30-46-44-19-7-6-18-43(44)45-20-8-9-21-47(45)56(50(46)33-40)48-22-10-11-23-53(48)60-54-42-17-5-4-13-37(42)29-31-49(54)56/h1-35H. The number of aromatic nitrogens is 3. The van der Waals surface area contributed by atoms with Gasteiger partial charge in [0.05, 0.1) is 16.8 Å². The van der Waals surface area contributed by atoms with E-state index in [0.29, 0.717) is 5.82 Å². The maximum atomic E-state index is 5.40. The van der Waals surface area contributed by atoms with E-state index in [1.54, 1.807) is 6.20 Å². The Morgan fingerprint density at radius 3 is 1.78 bits per heavy atom. The molecule has 0 bridgehead atoms. The van der Waals surface area contributed by atoms with E-state index < -0.39 is 5.41 Å². The summed E-state index contributed by atoms with van der Waals surface area (Å²) in [5, 5.41) is 2.51. The number of nitrogens with zero attached hydrogens (tertiary/aromatic N) is 3. The molecule has 0 saturated carbocycles. The first kappa shape index (κ1) is 34.6. The minimum atomic E-state index is -0.663. The predicted octanol–water partition coefficient (Wildman–Crippen LogP) is 14.2. The zero-order valence-corrected chi connectivity index (χ0v) is 33.3. The lowest BCUT2D eigenvalue weighted by Gasteiger charge is -2.43. The minimum Gasteiger partial charge on any atom is -0.264 e. The van der Waals surface area contributed by atoms with Gasteiger partial charge in [-0.05, 0) is 90.7 Å². The van der Waals surface area contributed by atoms with Gasteiger partial charge in [0.2, 0.25) is 0 Å². The van der Waals surface area contributed by atoms with Crippen molar-refractivity contribution in [2.45, 2.75) is 15.2 Å². The maximum absolute atomic E-state index is 5.40. The number of benzene rings is 8. The number of rotatable bonds is 4. The summed E-state index contributed by atoms with van der Waals surface area (Å²) in [4.78, 5) is 17.7. The van der Waals surface area contributed by atoms with Gasteiger partial charge in [-0.15, -0.1) is 0 Å². The molecule has 0 amide bonds. The van der Waals surface area contributed by atoms with Crippen LogP contribution in [0.15, 0.2) is 222 Å². The third-order valence-electron chi connectivity index (χ3n) is 12.3. The van der Waals surface area contributed by atoms with E-state index in [2.05, 4.69) is 193 Å². The molecule has 0 saturated heterocycles. The zero-order chi connectivity index (χ0) is 39.6. The van der Waals surface area contributed by atoms with Crippen LogP contribution in [0.1, 0.15) is 22.3 Å². The van der Waals surface area contributed by atoms with Crippen LogP contribution in [0, 0.1) is 0 Å². The molecule has 3 heterocycles. The molecule has 280 valence electrons. The summed E-state index contributed by atoms with van der Waals surface area (Å²) >= 11 is 1.89. The second-order valence-corrected chi connectivity index (χ2v) is 16.6. The van der Waals surface area contributed by atoms with Gasteiger partial charge in [0.25, 0.3) is 0 Å². The van der Waals surface area contributed by atoms with Crippen LogP contribution in [0.4, 0.5) is 0 Å². The first-order valence-corrected chi connectivity index (χ1v) is 21.1. The quantitative estimate of drug-likeness (QED) is 0.178. The third kappa shape index (κ3) is 5.35. The van der Waals surface area contributed by atoms with Crippen LogP contribution in [0.3, 0.4) is 0 Å². The fourth-order valence-corrected chi connectivity index (χ4v) is 10.9. The SMILES string of the molecule is c1ccc(-c2cc(-c3ccc(-c4cccnc4)cc3)nc(-c3ccc4c(c3)C3(c5ccccc5Sc5c3ccc3ccccc53)c3ccccc3-c3ccccc3-4)n2)cc1. The summed E-state index contributed by atoms with van der Waals surface area (Å²) in [6.07, 6.45) is 3.71. The van der Waals surface area contributed by atoms with Gasteiger partial charge in [0.1, 0.15) is 0 Å². The van der Waals surface area contributed by atoms with Crippen molar-refractivity contribution in [1.29, 1.82) is 0 Å². The highest BCUT2D eigenvalue weighted by Gasteiger charge is 2.48. The van der Waals surface area contributed by atoms with Gasteiger partial charge in [0, 0.05) is 38.9 Å². The molecule has 1 aliphatic carbocycles. The largest absolute Gasteiger partial charge is 0.264 e. The maximum Gasteiger partial charge on any atom is 0.160 e. The minimum absolute atomic E-state index is 0.663. The first-order valence-electron chi connectivity index (χ1n) is 20.3. The topological polar surface area (TPSA) is 38.7 Å². The molecule has 0 radical (unpaired) electrons. The van der Waals surface area contributed by atoms with E-state index in [1.807, 2.05) is 30.1 Å². The molecule has 1 unspecified atom stereocenters. The molecule has 4 heteroatoms. The molecule has 2 aliphatic rings. The molecule has 60 heavy (non-hydrogen) atoms. The Morgan fingerprint density at radius 1 is 0.383 bits per heavy atom. The van der Waals surface area contributed by atoms with Crippen molar-refractivity contribution < 1.29 is 0 Å². The lowest BCUT2D eigenvalue weighted by Crippen LogP contribution is -2.34. The molecule has 12 rings (SSSR count). The van der Waals surface area contributed by atoms with Crippen LogP contribution < -0.4 is 0 Å². The highest BCUT2D eigenvalue weighted by molar-refractivity contribution is 7.99. The molecule has 1 spiro atoms. The van der Waals surface area contributed by atoms with E-state index in [1.165, 1.54) is 65.1 Å². The van der Waals surface area contributed by atoms with Crippen molar-refractivity contribution in [3.63, 3.8) is 0 Å². The van der Waals surface area contributed by atoms with Crippen molar-refractivity contribution in [1.82, 2.24) is 15.0 Å². The Hall–Kier alpha value is -7.40. The van der Waals surface area contributed by atoms with E-state index in [0.717, 1.165) is 39.2 Å². The second-order valence-electron chi connectivity index (χ2n) is 15.5. The van der Waals surface area contributed by atoms with Gasteiger partial charge in [-0.2, -0.15) is 0 Å². The lowest BCUT2D eigenvalue weighted by atomic mass is 9.62. The first-order chi connectivity index (χ1) is 29.7. The summed E-state index contributed by atoms with van der Waals surface area (Å²) in [6.45, 7) is 0. The Labute approximate surface area is 353 Å². The number of hydrogen-bond acceptors (Lipinski definition) is 4. The van der Waals surface area contributed by atoms with E-state index in [9.17, 15) is 0 Å². The lowest BCUT2D eigenvalue weighted by molar-refractivity contribution is 0.711. The van der Waals surface area contributed by atoms with Crippen molar-refractivity contribution in [3.05, 3.63) is 235 Å². The summed E-state index contributed by atoms with van der Waals surface area (Å²) in [6, 6.07) is 72.7. The molecule has 2 aromatic heterocycles. The van der Waals surface area contributed by atoms with Crippen LogP contribution in [0.25, 0.3) is 78.1 Å². The molecule has 8 aromatic carbocycles. The molecule has 1 atom stereocenters. The average molecular weight is 782 g/mol. The molecular formula is C56H35N3S. The van der Waals surface area contributed by atoms with Crippen molar-refractivity contribution >= 4 is 22.5 Å². The summed E-state index contributed by atoms with van der Waals surface area (Å²) in [5.74, 6) is 0.684. The van der Waals surface area contributed by atoms with Gasteiger partial charge in [-0.1, -0.05) is 188 Å². The highest BCUT2D eigenvalue weighted by atomic mass is 32.2. The average Bonchev–Trinajstić information content (AvgIpc) is 3.43. The molecule has 10 aromatic rings. The van der Waals surface area contributed by atoms with Crippen molar-refractivity contribution in [3.8, 4) is 67.3 Å². The smallest absolute Gasteiger partial charge is 0.160 e. The Kier molecular flexibility index (Phi) is 8.00. The summed E-state index contributed by atoms with van der Waals surface area (Å²) in [7, 11) is 0. The van der Waals surface area contributed by atoms with Crippen LogP contribution in [0.2, 0.25) is 0 Å². The molecule has 1 aliphatic heterocycles. The monoisotopic (exact) mass is 781 g/mol. The van der Waals surface area contributed by atoms with Crippen LogP contribution in [-0.4, -0.2) is 15.0 Å². The summed E-state index contributed by atoms with van der Waals surface area (Å²) < 4.78 is 0. The third-order valence-corrected chi connectivity index (χ3v) is 13.5. The van der Waals surface area contributed by atoms with Crippen LogP contribution in [-0.2, 0) is 5.41 Å². The van der Waals surface area contributed by atoms with Crippen molar-refractivity contribution in [2.75, 3.05) is 0 Å². The van der Waals surface area contributed by atoms with Gasteiger partial charge in [-0.25, -0.2) is 9.97 Å². The normalized spacial score (nSPS) is 14.7. The van der Waals surface area contributed by atoms with E-state index in [-0.39, 0.29) is 0 Å². The fourth-order valence-electron chi connectivity index (χ4n) is 9.57. The van der Waals surface area contributed by atoms with E-state index in [4.69, 9.17) is 9.97 Å². The van der Waals surface area contributed by atoms with Crippen LogP contribution >= 0.6 is 11.8 Å². The van der Waals surface area contributed by atoms with Crippen molar-refractivity contribution in [2.24, 2.45) is 0 Å². The second kappa shape index (κ2) is 13.9. The molecule has 0 fully saturated rings. The molecule has 0 N–H and O–H groups in total. The number of fused-ring (bicyclic) bond motifs is 13. The number of pyridine rings is 1. The Morgan fingerprint density at radius 2 is 1.00 bits per heavy atom. The summed E-state index contributed by atoms with van der Waals surface area (Å²) in [5.41, 5.74) is 16.3. The van der Waals surface area contributed by atoms with Gasteiger partial charge >= 0.3 is 0 Å². The highest BCUT2D eigenvalue weighted by Crippen LogP contribution is 2.62. The fraction of sp³-hybridized carbons (Fsp3) is 0.0179. The van der Waals surface area contributed by atoms with Crippen LogP contribution in [0.5, 0.6) is 0 Å². The zero-order valence-electron chi connectivity index (χ0n) is 32.5. The number of hydrogen-bond donors (Lipinski definition) is 0.